The highest BCUT2D eigenvalue weighted by molar-refractivity contribution is 7.12. The number of aryl methyl sites for hydroxylation is 1. The Hall–Kier alpha value is -1.19. The van der Waals surface area contributed by atoms with Crippen LogP contribution in [0.5, 0.6) is 0 Å². The van der Waals surface area contributed by atoms with Gasteiger partial charge in [-0.05, 0) is 50.1 Å². The van der Waals surface area contributed by atoms with Crippen molar-refractivity contribution in [1.82, 2.24) is 0 Å². The molecule has 2 rings (SSSR count). The van der Waals surface area contributed by atoms with Gasteiger partial charge in [-0.25, -0.2) is 4.39 Å². The molecule has 0 bridgehead atoms. The summed E-state index contributed by atoms with van der Waals surface area (Å²) in [7, 11) is 0. The maximum atomic E-state index is 12.8. The second kappa shape index (κ2) is 4.59. The second-order valence-electron chi connectivity index (χ2n) is 4.63. The van der Waals surface area contributed by atoms with Gasteiger partial charge in [-0.2, -0.15) is 0 Å². The van der Waals surface area contributed by atoms with Crippen LogP contribution in [0, 0.1) is 12.7 Å². The van der Waals surface area contributed by atoms with E-state index in [0.29, 0.717) is 6.42 Å². The Morgan fingerprint density at radius 3 is 2.35 bits per heavy atom. The van der Waals surface area contributed by atoms with Crippen molar-refractivity contribution in [3.63, 3.8) is 0 Å². The molecule has 2 aromatic rings. The number of rotatable bonds is 3. The third-order valence-corrected chi connectivity index (χ3v) is 4.07. The smallest absolute Gasteiger partial charge is 0.123 e. The Balaban J connectivity index is 2.19. The van der Waals surface area contributed by atoms with Crippen molar-refractivity contribution in [2.45, 2.75) is 25.8 Å². The van der Waals surface area contributed by atoms with Crippen LogP contribution < -0.4 is 5.73 Å². The Morgan fingerprint density at radius 2 is 1.82 bits per heavy atom. The fourth-order valence-electron chi connectivity index (χ4n) is 1.85. The van der Waals surface area contributed by atoms with Crippen LogP contribution in [0.25, 0.3) is 0 Å². The van der Waals surface area contributed by atoms with E-state index in [0.717, 1.165) is 5.56 Å². The van der Waals surface area contributed by atoms with Crippen LogP contribution in [0.2, 0.25) is 0 Å². The van der Waals surface area contributed by atoms with Crippen molar-refractivity contribution in [2.24, 2.45) is 5.73 Å². The summed E-state index contributed by atoms with van der Waals surface area (Å²) in [5.41, 5.74) is 7.00. The van der Waals surface area contributed by atoms with Crippen molar-refractivity contribution in [1.29, 1.82) is 0 Å². The van der Waals surface area contributed by atoms with Crippen LogP contribution in [0.3, 0.4) is 0 Å². The van der Waals surface area contributed by atoms with E-state index < -0.39 is 5.54 Å². The van der Waals surface area contributed by atoms with Crippen LogP contribution in [0.1, 0.15) is 22.2 Å². The van der Waals surface area contributed by atoms with Crippen LogP contribution in [-0.4, -0.2) is 0 Å². The van der Waals surface area contributed by atoms with E-state index in [4.69, 9.17) is 5.73 Å². The van der Waals surface area contributed by atoms with Gasteiger partial charge in [-0.3, -0.25) is 0 Å². The van der Waals surface area contributed by atoms with Gasteiger partial charge in [-0.15, -0.1) is 11.3 Å². The first kappa shape index (κ1) is 12.3. The first-order valence-corrected chi connectivity index (χ1v) is 6.39. The van der Waals surface area contributed by atoms with E-state index in [-0.39, 0.29) is 5.82 Å². The lowest BCUT2D eigenvalue weighted by atomic mass is 9.92. The number of benzene rings is 1. The second-order valence-corrected chi connectivity index (χ2v) is 5.92. The standard InChI is InChI=1S/C14H16FNS/c1-10-3-8-13(17-10)14(2,16)9-11-4-6-12(15)7-5-11/h3-8H,9,16H2,1-2H3. The van der Waals surface area contributed by atoms with Crippen molar-refractivity contribution >= 4 is 11.3 Å². The van der Waals surface area contributed by atoms with Crippen LogP contribution in [0.4, 0.5) is 4.39 Å². The third kappa shape index (κ3) is 2.93. The van der Waals surface area contributed by atoms with Crippen molar-refractivity contribution in [3.8, 4) is 0 Å². The van der Waals surface area contributed by atoms with E-state index in [2.05, 4.69) is 19.1 Å². The molecular formula is C14H16FNS. The number of thiophene rings is 1. The fraction of sp³-hybridized carbons (Fsp3) is 0.286. The molecule has 1 nitrogen and oxygen atoms in total. The normalized spacial score (nSPS) is 14.6. The maximum absolute atomic E-state index is 12.8. The maximum Gasteiger partial charge on any atom is 0.123 e. The number of hydrogen-bond acceptors (Lipinski definition) is 2. The van der Waals surface area contributed by atoms with Gasteiger partial charge in [0.05, 0.1) is 5.54 Å². The summed E-state index contributed by atoms with van der Waals surface area (Å²) in [5, 5.41) is 0. The van der Waals surface area contributed by atoms with Crippen LogP contribution in [0.15, 0.2) is 36.4 Å². The molecule has 0 radical (unpaired) electrons. The van der Waals surface area contributed by atoms with Gasteiger partial charge in [0, 0.05) is 9.75 Å². The zero-order chi connectivity index (χ0) is 12.5. The molecule has 0 saturated heterocycles. The van der Waals surface area contributed by atoms with E-state index in [1.54, 1.807) is 23.5 Å². The zero-order valence-electron chi connectivity index (χ0n) is 10.0. The van der Waals surface area contributed by atoms with Gasteiger partial charge in [0.2, 0.25) is 0 Å². The molecule has 1 heterocycles. The molecule has 1 aromatic heterocycles. The molecule has 1 atom stereocenters. The molecule has 0 aliphatic heterocycles. The largest absolute Gasteiger partial charge is 0.321 e. The van der Waals surface area contributed by atoms with Gasteiger partial charge in [-0.1, -0.05) is 12.1 Å². The Kier molecular flexibility index (Phi) is 3.31. The molecule has 2 N–H and O–H groups in total. The highest BCUT2D eigenvalue weighted by atomic mass is 32.1. The Morgan fingerprint density at radius 1 is 1.18 bits per heavy atom. The average molecular weight is 249 g/mol. The molecule has 1 unspecified atom stereocenters. The van der Waals surface area contributed by atoms with E-state index in [9.17, 15) is 4.39 Å². The molecular weight excluding hydrogens is 233 g/mol. The summed E-state index contributed by atoms with van der Waals surface area (Å²) < 4.78 is 12.8. The Labute approximate surface area is 105 Å². The minimum atomic E-state index is -0.392. The number of hydrogen-bond donors (Lipinski definition) is 1. The molecule has 0 aliphatic carbocycles. The summed E-state index contributed by atoms with van der Waals surface area (Å²) in [5.74, 6) is -0.209. The minimum absolute atomic E-state index is 0.209. The number of nitrogens with two attached hydrogens (primary N) is 1. The Bertz CT molecular complexity index is 499. The zero-order valence-corrected chi connectivity index (χ0v) is 10.9. The van der Waals surface area contributed by atoms with E-state index >= 15 is 0 Å². The molecule has 0 aliphatic rings. The number of halogens is 1. The first-order chi connectivity index (χ1) is 7.97. The van der Waals surface area contributed by atoms with Gasteiger partial charge < -0.3 is 5.73 Å². The topological polar surface area (TPSA) is 26.0 Å². The lowest BCUT2D eigenvalue weighted by molar-refractivity contribution is 0.501. The van der Waals surface area contributed by atoms with E-state index in [1.165, 1.54) is 21.9 Å². The molecule has 17 heavy (non-hydrogen) atoms. The van der Waals surface area contributed by atoms with Crippen LogP contribution in [-0.2, 0) is 12.0 Å². The fourth-order valence-corrected chi connectivity index (χ4v) is 2.78. The van der Waals surface area contributed by atoms with Crippen molar-refractivity contribution in [2.75, 3.05) is 0 Å². The highest BCUT2D eigenvalue weighted by Gasteiger charge is 2.23. The predicted molar refractivity (Wildman–Crippen MR) is 70.7 cm³/mol. The molecule has 0 spiro atoms. The van der Waals surface area contributed by atoms with E-state index in [1.807, 2.05) is 6.92 Å². The third-order valence-electron chi connectivity index (χ3n) is 2.79. The van der Waals surface area contributed by atoms with Crippen LogP contribution >= 0.6 is 11.3 Å². The summed E-state index contributed by atoms with van der Waals surface area (Å²) in [6, 6.07) is 10.7. The minimum Gasteiger partial charge on any atom is -0.321 e. The summed E-state index contributed by atoms with van der Waals surface area (Å²) in [4.78, 5) is 2.43. The van der Waals surface area contributed by atoms with Gasteiger partial charge in [0.1, 0.15) is 5.82 Å². The lowest BCUT2D eigenvalue weighted by Crippen LogP contribution is -2.34. The molecule has 3 heteroatoms. The summed E-state index contributed by atoms with van der Waals surface area (Å²) in [6.07, 6.45) is 0.716. The van der Waals surface area contributed by atoms with Gasteiger partial charge >= 0.3 is 0 Å². The summed E-state index contributed by atoms with van der Waals surface area (Å²) >= 11 is 1.72. The van der Waals surface area contributed by atoms with Gasteiger partial charge in [0.25, 0.3) is 0 Å². The van der Waals surface area contributed by atoms with Gasteiger partial charge in [0.15, 0.2) is 0 Å². The molecule has 1 aromatic carbocycles. The average Bonchev–Trinajstić information content (AvgIpc) is 2.69. The quantitative estimate of drug-likeness (QED) is 0.883. The summed E-state index contributed by atoms with van der Waals surface area (Å²) in [6.45, 7) is 4.09. The van der Waals surface area contributed by atoms with Crippen molar-refractivity contribution < 1.29 is 4.39 Å². The SMILES string of the molecule is Cc1ccc(C(C)(N)Cc2ccc(F)cc2)s1. The first-order valence-electron chi connectivity index (χ1n) is 5.58. The predicted octanol–water partition coefficient (Wildman–Crippen LogP) is 3.61. The molecule has 90 valence electrons. The molecule has 0 fully saturated rings. The lowest BCUT2D eigenvalue weighted by Gasteiger charge is -2.23. The molecule has 0 amide bonds. The monoisotopic (exact) mass is 249 g/mol. The van der Waals surface area contributed by atoms with Crippen molar-refractivity contribution in [3.05, 3.63) is 57.5 Å². The molecule has 0 saturated carbocycles. The highest BCUT2D eigenvalue weighted by Crippen LogP contribution is 2.28.